The normalized spacial score (nSPS) is 25.6. The minimum atomic E-state index is -0.806. The molecule has 2 atom stereocenters. The van der Waals surface area contributed by atoms with E-state index in [1.807, 2.05) is 11.4 Å². The largest absolute Gasteiger partial charge is 0.501 e. The van der Waals surface area contributed by atoms with Gasteiger partial charge in [0.25, 0.3) is 0 Å². The van der Waals surface area contributed by atoms with Gasteiger partial charge in [-0.15, -0.1) is 11.3 Å². The van der Waals surface area contributed by atoms with Gasteiger partial charge in [0.1, 0.15) is 6.17 Å². The van der Waals surface area contributed by atoms with Crippen molar-refractivity contribution in [1.82, 2.24) is 10.2 Å². The number of hydrogen-bond donors (Lipinski definition) is 1. The quantitative estimate of drug-likeness (QED) is 0.905. The number of alkyl halides is 1. The Balaban J connectivity index is 1.53. The predicted molar refractivity (Wildman–Crippen MR) is 84.3 cm³/mol. The Bertz CT molecular complexity index is 532. The number of nitrogens with one attached hydrogen (secondary N) is 1. The van der Waals surface area contributed by atoms with Gasteiger partial charge < -0.3 is 10.1 Å². The van der Waals surface area contributed by atoms with E-state index < -0.39 is 6.17 Å². The lowest BCUT2D eigenvalue weighted by atomic mass is 10.1. The van der Waals surface area contributed by atoms with E-state index in [2.05, 4.69) is 16.3 Å². The van der Waals surface area contributed by atoms with E-state index in [9.17, 15) is 9.18 Å². The van der Waals surface area contributed by atoms with Crippen LogP contribution in [0.1, 0.15) is 24.1 Å². The average molecular weight is 324 g/mol. The van der Waals surface area contributed by atoms with Gasteiger partial charge in [0.2, 0.25) is 5.91 Å². The number of thiophene rings is 1. The van der Waals surface area contributed by atoms with Gasteiger partial charge in [-0.1, -0.05) is 6.07 Å². The molecule has 0 radical (unpaired) electrons. The molecule has 6 heteroatoms. The molecule has 3 heterocycles. The SMILES string of the molecule is O=C(NC[C@@H]1C[C@H](F)CN1Cc1cccs1)C1=COCCC1. The summed E-state index contributed by atoms with van der Waals surface area (Å²) in [6.45, 7) is 2.37. The van der Waals surface area contributed by atoms with Gasteiger partial charge in [0, 0.05) is 30.6 Å². The first kappa shape index (κ1) is 15.5. The van der Waals surface area contributed by atoms with Crippen LogP contribution in [-0.4, -0.2) is 42.7 Å². The van der Waals surface area contributed by atoms with Gasteiger partial charge in [0.05, 0.1) is 18.4 Å². The number of hydrogen-bond acceptors (Lipinski definition) is 4. The first-order valence-electron chi connectivity index (χ1n) is 7.71. The fourth-order valence-corrected chi connectivity index (χ4v) is 3.72. The zero-order chi connectivity index (χ0) is 15.4. The molecular weight excluding hydrogens is 303 g/mol. The minimum Gasteiger partial charge on any atom is -0.501 e. The fourth-order valence-electron chi connectivity index (χ4n) is 2.99. The predicted octanol–water partition coefficient (Wildman–Crippen LogP) is 2.47. The third-order valence-corrected chi connectivity index (χ3v) is 5.00. The maximum atomic E-state index is 13.7. The van der Waals surface area contributed by atoms with Crippen molar-refractivity contribution >= 4 is 17.2 Å². The highest BCUT2D eigenvalue weighted by atomic mass is 32.1. The highest BCUT2D eigenvalue weighted by Crippen LogP contribution is 2.24. The van der Waals surface area contributed by atoms with Crippen molar-refractivity contribution in [2.24, 2.45) is 0 Å². The topological polar surface area (TPSA) is 41.6 Å². The summed E-state index contributed by atoms with van der Waals surface area (Å²) < 4.78 is 18.9. The first-order chi connectivity index (χ1) is 10.7. The van der Waals surface area contributed by atoms with Crippen LogP contribution in [0.3, 0.4) is 0 Å². The summed E-state index contributed by atoms with van der Waals surface area (Å²) in [7, 11) is 0. The number of likely N-dealkylation sites (tertiary alicyclic amines) is 1. The van der Waals surface area contributed by atoms with Crippen LogP contribution in [-0.2, 0) is 16.1 Å². The zero-order valence-corrected chi connectivity index (χ0v) is 13.3. The van der Waals surface area contributed by atoms with E-state index in [4.69, 9.17) is 4.74 Å². The van der Waals surface area contributed by atoms with Crippen molar-refractivity contribution in [2.45, 2.75) is 38.0 Å². The maximum Gasteiger partial charge on any atom is 0.250 e. The third-order valence-electron chi connectivity index (χ3n) is 4.14. The molecule has 0 aliphatic carbocycles. The van der Waals surface area contributed by atoms with E-state index in [0.29, 0.717) is 31.7 Å². The van der Waals surface area contributed by atoms with E-state index in [0.717, 1.165) is 19.4 Å². The standard InChI is InChI=1S/C16H21FN2O2S/c17-13-7-14(19(9-13)10-15-4-2-6-22-15)8-18-16(20)12-3-1-5-21-11-12/h2,4,6,11,13-14H,1,3,5,7-10H2,(H,18,20)/t13-,14-/m0/s1. The van der Waals surface area contributed by atoms with Crippen LogP contribution in [0.5, 0.6) is 0 Å². The summed E-state index contributed by atoms with van der Waals surface area (Å²) in [5, 5.41) is 4.96. The molecule has 1 amide bonds. The Labute approximate surface area is 134 Å². The molecule has 0 bridgehead atoms. The molecule has 1 N–H and O–H groups in total. The van der Waals surface area contributed by atoms with Gasteiger partial charge in [0.15, 0.2) is 0 Å². The number of halogens is 1. The Kier molecular flexibility index (Phi) is 5.10. The van der Waals surface area contributed by atoms with Gasteiger partial charge in [-0.3, -0.25) is 9.69 Å². The lowest BCUT2D eigenvalue weighted by Gasteiger charge is -2.24. The highest BCUT2D eigenvalue weighted by molar-refractivity contribution is 7.09. The molecule has 3 rings (SSSR count). The van der Waals surface area contributed by atoms with Crippen molar-refractivity contribution in [3.05, 3.63) is 34.2 Å². The zero-order valence-electron chi connectivity index (χ0n) is 12.5. The summed E-state index contributed by atoms with van der Waals surface area (Å²) in [6.07, 6.45) is 2.86. The smallest absolute Gasteiger partial charge is 0.250 e. The van der Waals surface area contributed by atoms with Crippen molar-refractivity contribution in [2.75, 3.05) is 19.7 Å². The summed E-state index contributed by atoms with van der Waals surface area (Å²) >= 11 is 1.68. The second-order valence-corrected chi connectivity index (χ2v) is 6.86. The van der Waals surface area contributed by atoms with Crippen LogP contribution < -0.4 is 5.32 Å². The molecule has 1 aromatic heterocycles. The van der Waals surface area contributed by atoms with Gasteiger partial charge >= 0.3 is 0 Å². The van der Waals surface area contributed by atoms with E-state index in [-0.39, 0.29) is 11.9 Å². The summed E-state index contributed by atoms with van der Waals surface area (Å²) in [4.78, 5) is 15.4. The Morgan fingerprint density at radius 2 is 2.45 bits per heavy atom. The van der Waals surface area contributed by atoms with Crippen LogP contribution in [0, 0.1) is 0 Å². The van der Waals surface area contributed by atoms with Crippen molar-refractivity contribution in [3.8, 4) is 0 Å². The molecule has 22 heavy (non-hydrogen) atoms. The number of nitrogens with zero attached hydrogens (tertiary/aromatic N) is 1. The number of carbonyl (C=O) groups is 1. The first-order valence-corrected chi connectivity index (χ1v) is 8.59. The van der Waals surface area contributed by atoms with E-state index >= 15 is 0 Å². The molecule has 2 aliphatic heterocycles. The van der Waals surface area contributed by atoms with Gasteiger partial charge in [-0.25, -0.2) is 4.39 Å². The van der Waals surface area contributed by atoms with Crippen LogP contribution in [0.15, 0.2) is 29.3 Å². The van der Waals surface area contributed by atoms with Crippen LogP contribution in [0.25, 0.3) is 0 Å². The second-order valence-electron chi connectivity index (χ2n) is 5.82. The molecule has 0 unspecified atom stereocenters. The van der Waals surface area contributed by atoms with E-state index in [1.165, 1.54) is 4.88 Å². The molecule has 0 aromatic carbocycles. The number of amides is 1. The molecule has 2 aliphatic rings. The second kappa shape index (κ2) is 7.24. The molecule has 1 saturated heterocycles. The van der Waals surface area contributed by atoms with Crippen molar-refractivity contribution in [1.29, 1.82) is 0 Å². The lowest BCUT2D eigenvalue weighted by molar-refractivity contribution is -0.118. The Morgan fingerprint density at radius 1 is 1.55 bits per heavy atom. The molecule has 1 aromatic rings. The number of rotatable bonds is 5. The lowest BCUT2D eigenvalue weighted by Crippen LogP contribution is -2.40. The third kappa shape index (κ3) is 3.87. The van der Waals surface area contributed by atoms with Crippen LogP contribution >= 0.6 is 11.3 Å². The molecule has 1 fully saturated rings. The molecular formula is C16H21FN2O2S. The van der Waals surface area contributed by atoms with Gasteiger partial charge in [-0.05, 0) is 30.7 Å². The highest BCUT2D eigenvalue weighted by Gasteiger charge is 2.32. The van der Waals surface area contributed by atoms with Crippen LogP contribution in [0.2, 0.25) is 0 Å². The van der Waals surface area contributed by atoms with Crippen molar-refractivity contribution < 1.29 is 13.9 Å². The summed E-state index contributed by atoms with van der Waals surface area (Å²) in [5.74, 6) is -0.0851. The minimum absolute atomic E-state index is 0.0613. The average Bonchev–Trinajstić information content (AvgIpc) is 3.16. The molecule has 0 spiro atoms. The molecule has 0 saturated carbocycles. The fraction of sp³-hybridized carbons (Fsp3) is 0.562. The van der Waals surface area contributed by atoms with E-state index in [1.54, 1.807) is 17.6 Å². The monoisotopic (exact) mass is 324 g/mol. The maximum absolute atomic E-state index is 13.7. The van der Waals surface area contributed by atoms with Crippen LogP contribution in [0.4, 0.5) is 4.39 Å². The summed E-state index contributed by atoms with van der Waals surface area (Å²) in [5.41, 5.74) is 0.686. The summed E-state index contributed by atoms with van der Waals surface area (Å²) in [6, 6.07) is 4.14. The van der Waals surface area contributed by atoms with Gasteiger partial charge in [-0.2, -0.15) is 0 Å². The Hall–Kier alpha value is -1.40. The van der Waals surface area contributed by atoms with Crippen molar-refractivity contribution in [3.63, 3.8) is 0 Å². The number of carbonyl (C=O) groups excluding carboxylic acids is 1. The molecule has 4 nitrogen and oxygen atoms in total. The molecule has 120 valence electrons. The Morgan fingerprint density at radius 3 is 3.18 bits per heavy atom. The number of ether oxygens (including phenoxy) is 1.